The number of rotatable bonds is 9. The SMILES string of the molecule is Cn1nc(N2C(=O)CCCC2=O)c2ccc(N3CC(Nc4ncc(Cl)c(Nc5ccc6c(c5)n(CCC(C)(C)O)c(=O)n6C)n4)C3)cc21. The first-order valence-corrected chi connectivity index (χ1v) is 16.3. The molecule has 0 atom stereocenters. The molecule has 3 aromatic heterocycles. The Labute approximate surface area is 280 Å². The van der Waals surface area contributed by atoms with E-state index in [1.165, 1.54) is 4.90 Å². The van der Waals surface area contributed by atoms with Crippen molar-refractivity contribution < 1.29 is 14.7 Å². The number of imide groups is 1. The molecule has 2 aromatic carbocycles. The molecule has 0 unspecified atom stereocenters. The number of piperidine rings is 1. The number of anilines is 5. The number of aliphatic hydroxyl groups is 1. The Bertz CT molecular complexity index is 2120. The van der Waals surface area contributed by atoms with Crippen molar-refractivity contribution in [2.45, 2.75) is 57.7 Å². The lowest BCUT2D eigenvalue weighted by atomic mass is 10.1. The summed E-state index contributed by atoms with van der Waals surface area (Å²) in [6, 6.07) is 11.6. The van der Waals surface area contributed by atoms with Crippen molar-refractivity contribution in [3.8, 4) is 0 Å². The van der Waals surface area contributed by atoms with E-state index in [9.17, 15) is 19.5 Å². The van der Waals surface area contributed by atoms with E-state index < -0.39 is 5.60 Å². The number of hydrogen-bond acceptors (Lipinski definition) is 10. The van der Waals surface area contributed by atoms with Gasteiger partial charge in [0.1, 0.15) is 5.02 Å². The number of aryl methyl sites for hydroxylation is 3. The normalized spacial score (nSPS) is 15.9. The summed E-state index contributed by atoms with van der Waals surface area (Å²) in [6.45, 7) is 5.24. The Kier molecular flexibility index (Phi) is 7.87. The van der Waals surface area contributed by atoms with Crippen molar-refractivity contribution in [3.63, 3.8) is 0 Å². The molecule has 14 nitrogen and oxygen atoms in total. The molecular weight excluding hydrogens is 636 g/mol. The summed E-state index contributed by atoms with van der Waals surface area (Å²) in [6.07, 6.45) is 3.23. The van der Waals surface area contributed by atoms with Gasteiger partial charge in [-0.05, 0) is 63.1 Å². The van der Waals surface area contributed by atoms with Crippen LogP contribution in [-0.4, -0.2) is 70.5 Å². The lowest BCUT2D eigenvalue weighted by Gasteiger charge is -2.41. The Morgan fingerprint density at radius 2 is 1.75 bits per heavy atom. The number of benzene rings is 2. The van der Waals surface area contributed by atoms with Crippen LogP contribution < -0.4 is 26.1 Å². The van der Waals surface area contributed by atoms with Crippen LogP contribution in [0.25, 0.3) is 21.9 Å². The number of halogens is 1. The molecule has 5 heterocycles. The van der Waals surface area contributed by atoms with Gasteiger partial charge in [0, 0.05) is 63.3 Å². The van der Waals surface area contributed by atoms with Crippen molar-refractivity contribution in [2.75, 3.05) is 33.5 Å². The monoisotopic (exact) mass is 672 g/mol. The van der Waals surface area contributed by atoms with Gasteiger partial charge in [-0.2, -0.15) is 10.1 Å². The first kappa shape index (κ1) is 31.6. The van der Waals surface area contributed by atoms with E-state index in [-0.39, 0.29) is 23.5 Å². The zero-order valence-electron chi connectivity index (χ0n) is 27.2. The highest BCUT2D eigenvalue weighted by Crippen LogP contribution is 2.33. The molecule has 2 aliphatic rings. The number of carbonyl (C=O) groups is 2. The highest BCUT2D eigenvalue weighted by atomic mass is 35.5. The minimum absolute atomic E-state index is 0.0892. The number of imidazole rings is 1. The molecule has 2 saturated heterocycles. The molecule has 0 saturated carbocycles. The number of nitrogens with zero attached hydrogens (tertiary/aromatic N) is 8. The fourth-order valence-electron chi connectivity index (χ4n) is 6.29. The summed E-state index contributed by atoms with van der Waals surface area (Å²) in [7, 11) is 3.54. The molecule has 2 fully saturated rings. The lowest BCUT2D eigenvalue weighted by Crippen LogP contribution is -2.55. The highest BCUT2D eigenvalue weighted by Gasteiger charge is 2.32. The van der Waals surface area contributed by atoms with E-state index in [0.717, 1.165) is 27.6 Å². The molecule has 3 N–H and O–H groups in total. The maximum Gasteiger partial charge on any atom is 0.328 e. The summed E-state index contributed by atoms with van der Waals surface area (Å²) in [5.74, 6) is 0.823. The number of amides is 2. The molecule has 2 amide bonds. The summed E-state index contributed by atoms with van der Waals surface area (Å²) < 4.78 is 4.97. The van der Waals surface area contributed by atoms with Gasteiger partial charge < -0.3 is 20.6 Å². The van der Waals surface area contributed by atoms with Crippen LogP contribution in [0.4, 0.5) is 29.0 Å². The van der Waals surface area contributed by atoms with Crippen molar-refractivity contribution in [1.82, 2.24) is 28.9 Å². The van der Waals surface area contributed by atoms with Crippen LogP contribution >= 0.6 is 11.6 Å². The van der Waals surface area contributed by atoms with E-state index in [1.807, 2.05) is 43.4 Å². The predicted molar refractivity (Wildman–Crippen MR) is 185 cm³/mol. The van der Waals surface area contributed by atoms with Crippen LogP contribution in [0.1, 0.15) is 39.5 Å². The van der Waals surface area contributed by atoms with Crippen molar-refractivity contribution >= 4 is 74.3 Å². The van der Waals surface area contributed by atoms with E-state index >= 15 is 0 Å². The summed E-state index contributed by atoms with van der Waals surface area (Å²) in [5, 5.41) is 22.5. The number of fused-ring (bicyclic) bond motifs is 2. The van der Waals surface area contributed by atoms with E-state index in [1.54, 1.807) is 40.9 Å². The molecule has 7 rings (SSSR count). The van der Waals surface area contributed by atoms with E-state index in [2.05, 4.69) is 30.6 Å². The molecule has 48 heavy (non-hydrogen) atoms. The fourth-order valence-corrected chi connectivity index (χ4v) is 6.43. The zero-order valence-corrected chi connectivity index (χ0v) is 28.0. The Balaban J connectivity index is 1.03. The quantitative estimate of drug-likeness (QED) is 0.196. The average Bonchev–Trinajstić information content (AvgIpc) is 3.46. The second-order valence-electron chi connectivity index (χ2n) is 13.1. The standard InChI is InChI=1S/C33H37ClN10O4/c1-33(2,48)12-13-43-26-14-19(8-11-24(26)40(3)32(43)47)36-29-23(34)16-35-31(38-29)37-20-17-42(18-20)21-9-10-22-25(15-21)41(4)39-30(22)44-27(45)6-5-7-28(44)46/h8-11,14-16,20,48H,5-7,12-13,17-18H2,1-4H3,(H2,35,36,37,38). The molecule has 0 radical (unpaired) electrons. The second kappa shape index (κ2) is 11.9. The largest absolute Gasteiger partial charge is 0.390 e. The Morgan fingerprint density at radius 3 is 2.48 bits per heavy atom. The molecule has 0 aliphatic carbocycles. The molecule has 250 valence electrons. The maximum absolute atomic E-state index is 12.9. The van der Waals surface area contributed by atoms with E-state index in [4.69, 9.17) is 11.6 Å². The summed E-state index contributed by atoms with van der Waals surface area (Å²) in [5.41, 5.74) is 3.01. The topological polar surface area (TPSA) is 155 Å². The number of carbonyl (C=O) groups excluding carboxylic acids is 2. The van der Waals surface area contributed by atoms with Crippen LogP contribution in [-0.2, 0) is 30.2 Å². The molecule has 2 aliphatic heterocycles. The van der Waals surface area contributed by atoms with Crippen LogP contribution in [0.3, 0.4) is 0 Å². The third kappa shape index (κ3) is 5.85. The highest BCUT2D eigenvalue weighted by molar-refractivity contribution is 6.33. The molecule has 15 heteroatoms. The number of hydrogen-bond donors (Lipinski definition) is 3. The maximum atomic E-state index is 12.9. The van der Waals surface area contributed by atoms with Gasteiger partial charge in [0.05, 0.1) is 34.4 Å². The van der Waals surface area contributed by atoms with Crippen LogP contribution in [0, 0.1) is 0 Å². The Hall–Kier alpha value is -4.95. The minimum atomic E-state index is -0.901. The minimum Gasteiger partial charge on any atom is -0.390 e. The van der Waals surface area contributed by atoms with Gasteiger partial charge >= 0.3 is 5.69 Å². The van der Waals surface area contributed by atoms with Gasteiger partial charge in [0.25, 0.3) is 0 Å². The zero-order chi connectivity index (χ0) is 33.9. The predicted octanol–water partition coefficient (Wildman–Crippen LogP) is 3.92. The van der Waals surface area contributed by atoms with Gasteiger partial charge in [-0.25, -0.2) is 14.7 Å². The molecule has 0 bridgehead atoms. The summed E-state index contributed by atoms with van der Waals surface area (Å²) >= 11 is 6.48. The van der Waals surface area contributed by atoms with Crippen molar-refractivity contribution in [3.05, 3.63) is 58.1 Å². The smallest absolute Gasteiger partial charge is 0.328 e. The third-order valence-corrected chi connectivity index (χ3v) is 9.26. The van der Waals surface area contributed by atoms with Crippen LogP contribution in [0.15, 0.2) is 47.4 Å². The van der Waals surface area contributed by atoms with Gasteiger partial charge in [-0.15, -0.1) is 0 Å². The van der Waals surface area contributed by atoms with Crippen molar-refractivity contribution in [2.24, 2.45) is 14.1 Å². The van der Waals surface area contributed by atoms with Crippen LogP contribution in [0.2, 0.25) is 5.02 Å². The average molecular weight is 673 g/mol. The molecule has 5 aromatic rings. The Morgan fingerprint density at radius 1 is 1.00 bits per heavy atom. The van der Waals surface area contributed by atoms with Gasteiger partial charge in [0.2, 0.25) is 17.8 Å². The molecule has 0 spiro atoms. The second-order valence-corrected chi connectivity index (χ2v) is 13.6. The number of aromatic nitrogens is 6. The summed E-state index contributed by atoms with van der Waals surface area (Å²) in [4.78, 5) is 50.4. The fraction of sp³-hybridized carbons (Fsp3) is 0.394. The lowest BCUT2D eigenvalue weighted by molar-refractivity contribution is -0.129. The first-order chi connectivity index (χ1) is 22.9. The first-order valence-electron chi connectivity index (χ1n) is 15.9. The van der Waals surface area contributed by atoms with Gasteiger partial charge in [0.15, 0.2) is 11.6 Å². The van der Waals surface area contributed by atoms with Gasteiger partial charge in [-0.3, -0.25) is 23.4 Å². The van der Waals surface area contributed by atoms with Gasteiger partial charge in [-0.1, -0.05) is 11.6 Å². The molecular formula is C33H37ClN10O4. The number of nitrogens with one attached hydrogen (secondary N) is 2. The van der Waals surface area contributed by atoms with Crippen molar-refractivity contribution in [1.29, 1.82) is 0 Å². The van der Waals surface area contributed by atoms with E-state index in [0.29, 0.717) is 73.6 Å². The van der Waals surface area contributed by atoms with Crippen LogP contribution in [0.5, 0.6) is 0 Å². The third-order valence-electron chi connectivity index (χ3n) is 8.99.